The Bertz CT molecular complexity index is 662. The van der Waals surface area contributed by atoms with Gasteiger partial charge in [-0.25, -0.2) is 4.79 Å². The van der Waals surface area contributed by atoms with Crippen molar-refractivity contribution < 1.29 is 24.6 Å². The predicted molar refractivity (Wildman–Crippen MR) is 94.0 cm³/mol. The molecule has 0 radical (unpaired) electrons. The molecule has 8 heteroatoms. The lowest BCUT2D eigenvalue weighted by atomic mass is 10.0. The second kappa shape index (κ2) is 7.97. The predicted octanol–water partition coefficient (Wildman–Crippen LogP) is 1.25. The molecule has 1 unspecified atom stereocenters. The van der Waals surface area contributed by atoms with E-state index in [-0.39, 0.29) is 18.9 Å². The summed E-state index contributed by atoms with van der Waals surface area (Å²) < 4.78 is 0.830. The van der Waals surface area contributed by atoms with Gasteiger partial charge in [-0.3, -0.25) is 9.59 Å². The molecule has 1 heterocycles. The summed E-state index contributed by atoms with van der Waals surface area (Å²) in [6.45, 7) is 3.49. The van der Waals surface area contributed by atoms with Crippen LogP contribution < -0.4 is 5.32 Å². The first kappa shape index (κ1) is 19.4. The van der Waals surface area contributed by atoms with Gasteiger partial charge in [0.1, 0.15) is 12.1 Å². The summed E-state index contributed by atoms with van der Waals surface area (Å²) in [4.78, 5) is 37.7. The summed E-state index contributed by atoms with van der Waals surface area (Å²) in [5.74, 6) is -2.30. The van der Waals surface area contributed by atoms with E-state index in [0.29, 0.717) is 5.56 Å². The standard InChI is InChI=1S/C17H21BrN2O5/c1-9(2)14(19-15(22)10-3-5-11(18)6-4-10)16(23)20-8-12(21)7-13(20)17(24)25/h3-6,9,12-14,21H,7-8H2,1-2H3,(H,19,22)(H,24,25)/t12-,13+,14?/m1/s1. The number of aliphatic carboxylic acids is 1. The quantitative estimate of drug-likeness (QED) is 0.674. The molecule has 25 heavy (non-hydrogen) atoms. The van der Waals surface area contributed by atoms with Crippen LogP contribution in [0.5, 0.6) is 0 Å². The third kappa shape index (κ3) is 4.58. The molecule has 0 aromatic heterocycles. The zero-order valence-corrected chi connectivity index (χ0v) is 15.6. The van der Waals surface area contributed by atoms with Crippen LogP contribution in [0.4, 0.5) is 0 Å². The smallest absolute Gasteiger partial charge is 0.326 e. The molecule has 1 fully saturated rings. The summed E-state index contributed by atoms with van der Waals surface area (Å²) in [6.07, 6.45) is -0.882. The number of carbonyl (C=O) groups excluding carboxylic acids is 2. The number of carbonyl (C=O) groups is 3. The first-order chi connectivity index (χ1) is 11.7. The largest absolute Gasteiger partial charge is 0.480 e. The van der Waals surface area contributed by atoms with Crippen molar-refractivity contribution in [2.75, 3.05) is 6.54 Å². The highest BCUT2D eigenvalue weighted by molar-refractivity contribution is 9.10. The van der Waals surface area contributed by atoms with E-state index < -0.39 is 36.0 Å². The summed E-state index contributed by atoms with van der Waals surface area (Å²) >= 11 is 3.29. The molecular formula is C17H21BrN2O5. The van der Waals surface area contributed by atoms with Crippen LogP contribution in [0.25, 0.3) is 0 Å². The molecule has 136 valence electrons. The van der Waals surface area contributed by atoms with E-state index in [2.05, 4.69) is 21.2 Å². The fourth-order valence-electron chi connectivity index (χ4n) is 2.81. The second-order valence-electron chi connectivity index (χ2n) is 6.44. The van der Waals surface area contributed by atoms with Crippen LogP contribution in [0.15, 0.2) is 28.7 Å². The van der Waals surface area contributed by atoms with Crippen molar-refractivity contribution in [2.45, 2.75) is 38.5 Å². The third-order valence-electron chi connectivity index (χ3n) is 4.17. The number of β-amino-alcohol motifs (C(OH)–C–C–N with tert-alkyl or cyclic N) is 1. The molecule has 1 saturated heterocycles. The molecule has 0 bridgehead atoms. The van der Waals surface area contributed by atoms with E-state index >= 15 is 0 Å². The van der Waals surface area contributed by atoms with E-state index in [1.807, 2.05) is 0 Å². The topological polar surface area (TPSA) is 107 Å². The molecule has 0 saturated carbocycles. The van der Waals surface area contributed by atoms with Crippen molar-refractivity contribution in [3.63, 3.8) is 0 Å². The number of rotatable bonds is 5. The molecule has 3 N–H and O–H groups in total. The molecule has 2 amide bonds. The highest BCUT2D eigenvalue weighted by Crippen LogP contribution is 2.21. The molecular weight excluding hydrogens is 392 g/mol. The van der Waals surface area contributed by atoms with Crippen molar-refractivity contribution in [1.82, 2.24) is 10.2 Å². The first-order valence-corrected chi connectivity index (χ1v) is 8.77. The summed E-state index contributed by atoms with van der Waals surface area (Å²) in [6, 6.07) is 4.75. The lowest BCUT2D eigenvalue weighted by molar-refractivity contribution is -0.149. The minimum Gasteiger partial charge on any atom is -0.480 e. The highest BCUT2D eigenvalue weighted by atomic mass is 79.9. The summed E-state index contributed by atoms with van der Waals surface area (Å²) in [7, 11) is 0. The number of benzene rings is 1. The average Bonchev–Trinajstić information content (AvgIpc) is 2.94. The van der Waals surface area contributed by atoms with E-state index in [1.165, 1.54) is 0 Å². The Hall–Kier alpha value is -1.93. The Morgan fingerprint density at radius 3 is 2.36 bits per heavy atom. The number of aliphatic hydroxyl groups excluding tert-OH is 1. The molecule has 1 aliphatic rings. The van der Waals surface area contributed by atoms with E-state index in [4.69, 9.17) is 0 Å². The molecule has 3 atom stereocenters. The maximum absolute atomic E-state index is 12.8. The highest BCUT2D eigenvalue weighted by Gasteiger charge is 2.42. The van der Waals surface area contributed by atoms with Crippen LogP contribution in [-0.4, -0.2) is 57.6 Å². The van der Waals surface area contributed by atoms with Gasteiger partial charge in [0.2, 0.25) is 5.91 Å². The molecule has 7 nitrogen and oxygen atoms in total. The number of nitrogens with one attached hydrogen (secondary N) is 1. The molecule has 0 aliphatic carbocycles. The lowest BCUT2D eigenvalue weighted by Crippen LogP contribution is -2.53. The number of likely N-dealkylation sites (tertiary alicyclic amines) is 1. The lowest BCUT2D eigenvalue weighted by Gasteiger charge is -2.29. The fraction of sp³-hybridized carbons (Fsp3) is 0.471. The number of halogens is 1. The Labute approximate surface area is 154 Å². The van der Waals surface area contributed by atoms with Gasteiger partial charge in [-0.2, -0.15) is 0 Å². The Kier molecular flexibility index (Phi) is 6.18. The van der Waals surface area contributed by atoms with Crippen molar-refractivity contribution in [3.05, 3.63) is 34.3 Å². The SMILES string of the molecule is CC(C)C(NC(=O)c1ccc(Br)cc1)C(=O)N1C[C@H](O)C[C@H]1C(=O)O. The normalized spacial score (nSPS) is 21.2. The monoisotopic (exact) mass is 412 g/mol. The van der Waals surface area contributed by atoms with Gasteiger partial charge >= 0.3 is 5.97 Å². The third-order valence-corrected chi connectivity index (χ3v) is 4.70. The average molecular weight is 413 g/mol. The van der Waals surface area contributed by atoms with Crippen LogP contribution in [0.3, 0.4) is 0 Å². The van der Waals surface area contributed by atoms with Gasteiger partial charge in [-0.15, -0.1) is 0 Å². The minimum atomic E-state index is -1.16. The van der Waals surface area contributed by atoms with Crippen molar-refractivity contribution >= 4 is 33.7 Å². The molecule has 2 rings (SSSR count). The number of nitrogens with zero attached hydrogens (tertiary/aromatic N) is 1. The van der Waals surface area contributed by atoms with Gasteiger partial charge in [0.05, 0.1) is 6.10 Å². The van der Waals surface area contributed by atoms with Gasteiger partial charge < -0.3 is 20.4 Å². The number of hydrogen-bond acceptors (Lipinski definition) is 4. The van der Waals surface area contributed by atoms with Gasteiger partial charge in [-0.1, -0.05) is 29.8 Å². The second-order valence-corrected chi connectivity index (χ2v) is 7.35. The summed E-state index contributed by atoms with van der Waals surface area (Å²) in [5, 5.41) is 21.7. The van der Waals surface area contributed by atoms with E-state index in [0.717, 1.165) is 9.37 Å². The van der Waals surface area contributed by atoms with E-state index in [1.54, 1.807) is 38.1 Å². The Morgan fingerprint density at radius 1 is 1.24 bits per heavy atom. The van der Waals surface area contributed by atoms with Crippen LogP contribution in [-0.2, 0) is 9.59 Å². The van der Waals surface area contributed by atoms with Crippen molar-refractivity contribution in [3.8, 4) is 0 Å². The van der Waals surface area contributed by atoms with Crippen molar-refractivity contribution in [1.29, 1.82) is 0 Å². The fourth-order valence-corrected chi connectivity index (χ4v) is 3.07. The number of carboxylic acids is 1. The van der Waals surface area contributed by atoms with Gasteiger partial charge in [0.15, 0.2) is 0 Å². The summed E-state index contributed by atoms with van der Waals surface area (Å²) in [5.41, 5.74) is 0.401. The molecule has 1 aliphatic heterocycles. The molecule has 1 aromatic carbocycles. The van der Waals surface area contributed by atoms with Gasteiger partial charge in [0.25, 0.3) is 5.91 Å². The van der Waals surface area contributed by atoms with Crippen LogP contribution in [0.2, 0.25) is 0 Å². The van der Waals surface area contributed by atoms with Gasteiger partial charge in [-0.05, 0) is 30.2 Å². The van der Waals surface area contributed by atoms with Crippen LogP contribution >= 0.6 is 15.9 Å². The van der Waals surface area contributed by atoms with Crippen LogP contribution in [0, 0.1) is 5.92 Å². The van der Waals surface area contributed by atoms with Crippen LogP contribution in [0.1, 0.15) is 30.6 Å². The molecule has 1 aromatic rings. The maximum Gasteiger partial charge on any atom is 0.326 e. The zero-order chi connectivity index (χ0) is 18.7. The number of carboxylic acid groups (broad SMARTS) is 1. The molecule has 0 spiro atoms. The number of aliphatic hydroxyl groups is 1. The Balaban J connectivity index is 2.16. The first-order valence-electron chi connectivity index (χ1n) is 7.98. The minimum absolute atomic E-state index is 0.00739. The number of amides is 2. The van der Waals surface area contributed by atoms with E-state index in [9.17, 15) is 24.6 Å². The zero-order valence-electron chi connectivity index (χ0n) is 14.0. The number of hydrogen-bond donors (Lipinski definition) is 3. The van der Waals surface area contributed by atoms with Gasteiger partial charge in [0, 0.05) is 23.0 Å². The van der Waals surface area contributed by atoms with Crippen molar-refractivity contribution in [2.24, 2.45) is 5.92 Å². The maximum atomic E-state index is 12.8. The Morgan fingerprint density at radius 2 is 1.84 bits per heavy atom.